The molecule has 2 aliphatic rings. The van der Waals surface area contributed by atoms with Gasteiger partial charge in [0.15, 0.2) is 0 Å². The first kappa shape index (κ1) is 21.4. The van der Waals surface area contributed by atoms with Crippen molar-refractivity contribution >= 4 is 33.4 Å². The highest BCUT2D eigenvalue weighted by Gasteiger charge is 2.26. The fourth-order valence-corrected chi connectivity index (χ4v) is 6.13. The minimum absolute atomic E-state index is 0.0745. The number of thioether (sulfide) groups is 1. The largest absolute Gasteiger partial charge is 0.325 e. The van der Waals surface area contributed by atoms with Gasteiger partial charge in [-0.15, -0.1) is 11.8 Å². The lowest BCUT2D eigenvalue weighted by atomic mass is 10.1. The van der Waals surface area contributed by atoms with Crippen LogP contribution in [0, 0.1) is 5.92 Å². The molecule has 0 aromatic heterocycles. The highest BCUT2D eigenvalue weighted by Crippen LogP contribution is 2.34. The molecule has 0 saturated carbocycles. The van der Waals surface area contributed by atoms with E-state index in [1.807, 2.05) is 25.1 Å². The number of hydrogen-bond acceptors (Lipinski definition) is 5. The number of sulfonamides is 1. The van der Waals surface area contributed by atoms with E-state index in [4.69, 9.17) is 0 Å². The van der Waals surface area contributed by atoms with Crippen LogP contribution in [-0.2, 0) is 21.4 Å². The first-order valence-electron chi connectivity index (χ1n) is 10.3. The maximum Gasteiger partial charge on any atom is 0.240 e. The molecule has 160 valence electrons. The van der Waals surface area contributed by atoms with Gasteiger partial charge >= 0.3 is 0 Å². The lowest BCUT2D eigenvalue weighted by Crippen LogP contribution is -2.44. The summed E-state index contributed by atoms with van der Waals surface area (Å²) < 4.78 is 28.8. The Labute approximate surface area is 182 Å². The molecule has 2 aromatic carbocycles. The fourth-order valence-electron chi connectivity index (χ4n) is 3.78. The van der Waals surface area contributed by atoms with Crippen molar-refractivity contribution < 1.29 is 13.2 Å². The van der Waals surface area contributed by atoms with Crippen LogP contribution in [0.5, 0.6) is 0 Å². The van der Waals surface area contributed by atoms with Crippen molar-refractivity contribution in [3.63, 3.8) is 0 Å². The SMILES string of the molecule is C[C@H]1CSc2ccc(S(=O)(=O)NC3CCN(Cc4ccccc4)CC3)cc2NC1=O. The Kier molecular flexibility index (Phi) is 6.48. The van der Waals surface area contributed by atoms with Gasteiger partial charge in [0, 0.05) is 42.2 Å². The molecule has 0 unspecified atom stereocenters. The molecule has 1 atom stereocenters. The van der Waals surface area contributed by atoms with Crippen LogP contribution >= 0.6 is 11.8 Å². The number of rotatable bonds is 5. The fraction of sp³-hybridized carbons (Fsp3) is 0.409. The van der Waals surface area contributed by atoms with Gasteiger partial charge in [0.1, 0.15) is 0 Å². The number of carbonyl (C=O) groups is 1. The Bertz CT molecular complexity index is 1000. The molecule has 2 aromatic rings. The zero-order chi connectivity index (χ0) is 21.1. The quantitative estimate of drug-likeness (QED) is 0.738. The number of nitrogens with zero attached hydrogens (tertiary/aromatic N) is 1. The van der Waals surface area contributed by atoms with Crippen LogP contribution in [0.4, 0.5) is 5.69 Å². The maximum absolute atomic E-state index is 12.9. The van der Waals surface area contributed by atoms with Gasteiger partial charge < -0.3 is 5.32 Å². The second-order valence-corrected chi connectivity index (χ2v) is 10.8. The second kappa shape index (κ2) is 9.09. The lowest BCUT2D eigenvalue weighted by Gasteiger charge is -2.32. The van der Waals surface area contributed by atoms with E-state index in [1.54, 1.807) is 30.0 Å². The van der Waals surface area contributed by atoms with E-state index in [-0.39, 0.29) is 22.8 Å². The van der Waals surface area contributed by atoms with Gasteiger partial charge in [-0.25, -0.2) is 13.1 Å². The molecule has 1 amide bonds. The summed E-state index contributed by atoms with van der Waals surface area (Å²) in [6.07, 6.45) is 1.56. The molecule has 0 spiro atoms. The van der Waals surface area contributed by atoms with Gasteiger partial charge in [-0.2, -0.15) is 0 Å². The molecule has 2 aliphatic heterocycles. The van der Waals surface area contributed by atoms with E-state index in [9.17, 15) is 13.2 Å². The summed E-state index contributed by atoms with van der Waals surface area (Å²) in [5.41, 5.74) is 1.85. The monoisotopic (exact) mass is 445 g/mol. The number of likely N-dealkylation sites (tertiary alicyclic amines) is 1. The summed E-state index contributed by atoms with van der Waals surface area (Å²) in [6, 6.07) is 15.2. The molecule has 4 rings (SSSR count). The molecule has 2 N–H and O–H groups in total. The summed E-state index contributed by atoms with van der Waals surface area (Å²) in [5.74, 6) is 0.501. The highest BCUT2D eigenvalue weighted by molar-refractivity contribution is 7.99. The Morgan fingerprint density at radius 2 is 1.87 bits per heavy atom. The van der Waals surface area contributed by atoms with Gasteiger partial charge in [-0.1, -0.05) is 37.3 Å². The van der Waals surface area contributed by atoms with Crippen LogP contribution in [-0.4, -0.2) is 44.1 Å². The minimum Gasteiger partial charge on any atom is -0.325 e. The van der Waals surface area contributed by atoms with Crippen LogP contribution in [0.25, 0.3) is 0 Å². The predicted octanol–water partition coefficient (Wildman–Crippen LogP) is 3.31. The third-order valence-electron chi connectivity index (χ3n) is 5.61. The molecule has 0 radical (unpaired) electrons. The first-order chi connectivity index (χ1) is 14.4. The number of fused-ring (bicyclic) bond motifs is 1. The highest BCUT2D eigenvalue weighted by atomic mass is 32.2. The van der Waals surface area contributed by atoms with Crippen molar-refractivity contribution in [2.45, 2.75) is 42.1 Å². The zero-order valence-corrected chi connectivity index (χ0v) is 18.6. The molecule has 0 bridgehead atoms. The van der Waals surface area contributed by atoms with Gasteiger partial charge in [0.05, 0.1) is 10.6 Å². The number of benzene rings is 2. The van der Waals surface area contributed by atoms with Crippen LogP contribution in [0.1, 0.15) is 25.3 Å². The van der Waals surface area contributed by atoms with E-state index >= 15 is 0 Å². The summed E-state index contributed by atoms with van der Waals surface area (Å²) >= 11 is 1.57. The van der Waals surface area contributed by atoms with Crippen molar-refractivity contribution in [3.05, 3.63) is 54.1 Å². The van der Waals surface area contributed by atoms with Crippen molar-refractivity contribution in [1.29, 1.82) is 0 Å². The Morgan fingerprint density at radius 1 is 1.13 bits per heavy atom. The molecular weight excluding hydrogens is 418 g/mol. The Balaban J connectivity index is 1.38. The third-order valence-corrected chi connectivity index (χ3v) is 8.47. The molecule has 8 heteroatoms. The number of anilines is 1. The maximum atomic E-state index is 12.9. The zero-order valence-electron chi connectivity index (χ0n) is 17.0. The van der Waals surface area contributed by atoms with E-state index in [1.165, 1.54) is 5.56 Å². The van der Waals surface area contributed by atoms with Crippen molar-refractivity contribution in [1.82, 2.24) is 9.62 Å². The number of nitrogens with one attached hydrogen (secondary N) is 2. The van der Waals surface area contributed by atoms with Gasteiger partial charge in [-0.05, 0) is 36.6 Å². The Morgan fingerprint density at radius 3 is 2.60 bits per heavy atom. The molecule has 1 fully saturated rings. The molecule has 2 heterocycles. The molecule has 30 heavy (non-hydrogen) atoms. The van der Waals surface area contributed by atoms with E-state index in [2.05, 4.69) is 27.1 Å². The first-order valence-corrected chi connectivity index (χ1v) is 12.7. The van der Waals surface area contributed by atoms with E-state index in [0.29, 0.717) is 11.4 Å². The van der Waals surface area contributed by atoms with Crippen LogP contribution in [0.15, 0.2) is 58.3 Å². The molecule has 0 aliphatic carbocycles. The van der Waals surface area contributed by atoms with Gasteiger partial charge in [0.2, 0.25) is 15.9 Å². The average Bonchev–Trinajstić information content (AvgIpc) is 2.88. The third kappa shape index (κ3) is 5.06. The predicted molar refractivity (Wildman–Crippen MR) is 120 cm³/mol. The summed E-state index contributed by atoms with van der Waals surface area (Å²) in [6.45, 7) is 4.48. The molecule has 6 nitrogen and oxygen atoms in total. The summed E-state index contributed by atoms with van der Waals surface area (Å²) in [5, 5.41) is 2.86. The minimum atomic E-state index is -3.64. The standard InChI is InChI=1S/C22H27N3O3S2/c1-16-15-29-21-8-7-19(13-20(21)23-22(16)26)30(27,28)24-18-9-11-25(12-10-18)14-17-5-3-2-4-6-17/h2-8,13,16,18,24H,9-12,14-15H2,1H3,(H,23,26)/t16-/m0/s1. The van der Waals surface area contributed by atoms with Crippen molar-refractivity contribution in [2.24, 2.45) is 5.92 Å². The smallest absolute Gasteiger partial charge is 0.240 e. The van der Waals surface area contributed by atoms with Crippen molar-refractivity contribution in [3.8, 4) is 0 Å². The van der Waals surface area contributed by atoms with E-state index < -0.39 is 10.0 Å². The second-order valence-electron chi connectivity index (χ2n) is 8.02. The van der Waals surface area contributed by atoms with Crippen LogP contribution in [0.3, 0.4) is 0 Å². The summed E-state index contributed by atoms with van der Waals surface area (Å²) in [7, 11) is -3.64. The van der Waals surface area contributed by atoms with Gasteiger partial charge in [0.25, 0.3) is 0 Å². The number of hydrogen-bond donors (Lipinski definition) is 2. The lowest BCUT2D eigenvalue weighted by molar-refractivity contribution is -0.118. The van der Waals surface area contributed by atoms with Crippen molar-refractivity contribution in [2.75, 3.05) is 24.2 Å². The molecular formula is C22H27N3O3S2. The number of amides is 1. The number of piperidine rings is 1. The van der Waals surface area contributed by atoms with Crippen LogP contribution in [0.2, 0.25) is 0 Å². The van der Waals surface area contributed by atoms with Crippen LogP contribution < -0.4 is 10.0 Å². The molecule has 1 saturated heterocycles. The topological polar surface area (TPSA) is 78.5 Å². The van der Waals surface area contributed by atoms with Gasteiger partial charge in [-0.3, -0.25) is 9.69 Å². The van der Waals surface area contributed by atoms with E-state index in [0.717, 1.165) is 37.4 Å². The summed E-state index contributed by atoms with van der Waals surface area (Å²) in [4.78, 5) is 15.6. The Hall–Kier alpha value is -1.87. The average molecular weight is 446 g/mol. The normalized spacial score (nSPS) is 21.0. The number of carbonyl (C=O) groups excluding carboxylic acids is 1.